The lowest BCUT2D eigenvalue weighted by Crippen LogP contribution is -2.28. The number of allylic oxidation sites excluding steroid dienone is 8. The molecule has 0 saturated carbocycles. The monoisotopic (exact) mass is 709 g/mol. The standard InChI is InChI=1S/C52H43N3/c1-51(2)41-23-12-11-22-37(41)38-29-39-40-27-36(28-44-49(40)55(48(39)30-43(38)51)47-25-14-13-24-42(47)52(44,3)4)34-20-15-21-35(26-34)50-53-45(32-16-7-5-8-17-32)31-46(54-50)33-18-9-6-10-19-33/h5,7-9,11-13,15-24,26-31H,6,10,14,25H2,1-4H3. The minimum Gasteiger partial charge on any atom is -0.312 e. The van der Waals surface area contributed by atoms with Gasteiger partial charge in [0.25, 0.3) is 0 Å². The van der Waals surface area contributed by atoms with Crippen LogP contribution >= 0.6 is 0 Å². The molecule has 0 N–H and O–H groups in total. The number of fused-ring (bicyclic) bond motifs is 7. The Morgan fingerprint density at radius 1 is 0.545 bits per heavy atom. The second kappa shape index (κ2) is 11.7. The zero-order valence-corrected chi connectivity index (χ0v) is 31.9. The third-order valence-electron chi connectivity index (χ3n) is 12.9. The van der Waals surface area contributed by atoms with Gasteiger partial charge >= 0.3 is 0 Å². The van der Waals surface area contributed by atoms with Crippen LogP contribution in [0.25, 0.3) is 78.0 Å². The summed E-state index contributed by atoms with van der Waals surface area (Å²) in [6.45, 7) is 9.63. The van der Waals surface area contributed by atoms with E-state index in [9.17, 15) is 0 Å². The maximum Gasteiger partial charge on any atom is 0.160 e. The highest BCUT2D eigenvalue weighted by molar-refractivity contribution is 6.15. The van der Waals surface area contributed by atoms with Gasteiger partial charge in [0.2, 0.25) is 0 Å². The average Bonchev–Trinajstić information content (AvgIpc) is 3.67. The first-order chi connectivity index (χ1) is 26.8. The van der Waals surface area contributed by atoms with Gasteiger partial charge in [0.15, 0.2) is 5.82 Å². The van der Waals surface area contributed by atoms with Crippen LogP contribution in [0.3, 0.4) is 0 Å². The van der Waals surface area contributed by atoms with Crippen molar-refractivity contribution in [2.75, 3.05) is 0 Å². The molecule has 0 bridgehead atoms. The molecule has 266 valence electrons. The van der Waals surface area contributed by atoms with Crippen LogP contribution in [0, 0.1) is 0 Å². The number of aromatic nitrogens is 3. The van der Waals surface area contributed by atoms with Crippen molar-refractivity contribution in [3.05, 3.63) is 168 Å². The Morgan fingerprint density at radius 2 is 1.33 bits per heavy atom. The van der Waals surface area contributed by atoms with Crippen molar-refractivity contribution in [1.29, 1.82) is 0 Å². The number of hydrogen-bond donors (Lipinski definition) is 0. The summed E-state index contributed by atoms with van der Waals surface area (Å²) >= 11 is 0. The molecule has 0 atom stereocenters. The van der Waals surface area contributed by atoms with Gasteiger partial charge in [-0.25, -0.2) is 9.97 Å². The van der Waals surface area contributed by atoms with Crippen molar-refractivity contribution in [3.8, 4) is 44.9 Å². The Balaban J connectivity index is 1.14. The second-order valence-electron chi connectivity index (χ2n) is 16.8. The molecule has 3 heteroatoms. The molecule has 0 saturated heterocycles. The van der Waals surface area contributed by atoms with E-state index in [0.29, 0.717) is 0 Å². The van der Waals surface area contributed by atoms with E-state index in [0.717, 1.165) is 59.6 Å². The summed E-state index contributed by atoms with van der Waals surface area (Å²) in [7, 11) is 0. The lowest BCUT2D eigenvalue weighted by atomic mass is 9.72. The van der Waals surface area contributed by atoms with Crippen molar-refractivity contribution in [3.63, 3.8) is 0 Å². The first-order valence-electron chi connectivity index (χ1n) is 19.9. The summed E-state index contributed by atoms with van der Waals surface area (Å²) in [5, 5.41) is 2.66. The van der Waals surface area contributed by atoms with Gasteiger partial charge in [-0.2, -0.15) is 0 Å². The molecule has 0 unspecified atom stereocenters. The maximum atomic E-state index is 5.21. The fourth-order valence-corrected chi connectivity index (χ4v) is 9.98. The molecular formula is C52H43N3. The van der Waals surface area contributed by atoms with E-state index >= 15 is 0 Å². The molecule has 11 rings (SSSR count). The largest absolute Gasteiger partial charge is 0.312 e. The van der Waals surface area contributed by atoms with Crippen LogP contribution in [0.2, 0.25) is 0 Å². The van der Waals surface area contributed by atoms with Crippen LogP contribution < -0.4 is 0 Å². The van der Waals surface area contributed by atoms with E-state index in [1.807, 2.05) is 0 Å². The molecule has 0 radical (unpaired) electrons. The Kier molecular flexibility index (Phi) is 6.90. The van der Waals surface area contributed by atoms with Gasteiger partial charge in [0.1, 0.15) is 0 Å². The topological polar surface area (TPSA) is 30.7 Å². The molecule has 0 fully saturated rings. The fourth-order valence-electron chi connectivity index (χ4n) is 9.98. The molecule has 4 aliphatic rings. The summed E-state index contributed by atoms with van der Waals surface area (Å²) in [5.74, 6) is 0.747. The third kappa shape index (κ3) is 4.75. The van der Waals surface area contributed by atoms with Gasteiger partial charge in [-0.15, -0.1) is 0 Å². The van der Waals surface area contributed by atoms with E-state index in [4.69, 9.17) is 9.97 Å². The number of hydrogen-bond acceptors (Lipinski definition) is 2. The van der Waals surface area contributed by atoms with Gasteiger partial charge in [-0.05, 0) is 112 Å². The molecular weight excluding hydrogens is 667 g/mol. The summed E-state index contributed by atoms with van der Waals surface area (Å²) in [6, 6.07) is 40.5. The Labute approximate surface area is 323 Å². The minimum atomic E-state index is -0.152. The first kappa shape index (κ1) is 32.4. The summed E-state index contributed by atoms with van der Waals surface area (Å²) in [5.41, 5.74) is 19.9. The van der Waals surface area contributed by atoms with Crippen LogP contribution in [0.5, 0.6) is 0 Å². The zero-order valence-electron chi connectivity index (χ0n) is 31.9. The fraction of sp³-hybridized carbons (Fsp3) is 0.192. The molecule has 55 heavy (non-hydrogen) atoms. The molecule has 0 amide bonds. The third-order valence-corrected chi connectivity index (χ3v) is 12.9. The van der Waals surface area contributed by atoms with Gasteiger partial charge in [0.05, 0.1) is 22.4 Å². The summed E-state index contributed by atoms with van der Waals surface area (Å²) in [6.07, 6.45) is 15.7. The quantitative estimate of drug-likeness (QED) is 0.182. The Morgan fingerprint density at radius 3 is 2.18 bits per heavy atom. The minimum absolute atomic E-state index is 0.0630. The van der Waals surface area contributed by atoms with Crippen LogP contribution in [-0.2, 0) is 10.8 Å². The predicted molar refractivity (Wildman–Crippen MR) is 230 cm³/mol. The summed E-state index contributed by atoms with van der Waals surface area (Å²) in [4.78, 5) is 10.4. The molecule has 2 aromatic heterocycles. The summed E-state index contributed by atoms with van der Waals surface area (Å²) < 4.78 is 2.64. The molecule has 3 heterocycles. The van der Waals surface area contributed by atoms with E-state index < -0.39 is 0 Å². The van der Waals surface area contributed by atoms with Crippen LogP contribution in [0.4, 0.5) is 0 Å². The highest BCUT2D eigenvalue weighted by Crippen LogP contribution is 2.55. The van der Waals surface area contributed by atoms with Crippen molar-refractivity contribution in [1.82, 2.24) is 14.5 Å². The second-order valence-corrected chi connectivity index (χ2v) is 16.8. The molecule has 3 aliphatic carbocycles. The highest BCUT2D eigenvalue weighted by atomic mass is 15.0. The smallest absolute Gasteiger partial charge is 0.160 e. The van der Waals surface area contributed by atoms with Gasteiger partial charge in [0, 0.05) is 38.4 Å². The van der Waals surface area contributed by atoms with Gasteiger partial charge in [-0.3, -0.25) is 0 Å². The van der Waals surface area contributed by atoms with Crippen molar-refractivity contribution in [2.45, 2.75) is 64.2 Å². The lowest BCUT2D eigenvalue weighted by molar-refractivity contribution is 0.623. The van der Waals surface area contributed by atoms with E-state index in [-0.39, 0.29) is 10.8 Å². The molecule has 5 aromatic carbocycles. The molecule has 7 aromatic rings. The molecule has 0 spiro atoms. The van der Waals surface area contributed by atoms with E-state index in [1.165, 1.54) is 72.0 Å². The first-order valence-corrected chi connectivity index (χ1v) is 19.9. The normalized spacial score (nSPS) is 17.3. The Hall–Kier alpha value is -6.06. The predicted octanol–water partition coefficient (Wildman–Crippen LogP) is 13.5. The average molecular weight is 710 g/mol. The number of benzene rings is 5. The maximum absolute atomic E-state index is 5.21. The molecule has 3 nitrogen and oxygen atoms in total. The van der Waals surface area contributed by atoms with Crippen LogP contribution in [0.15, 0.2) is 145 Å². The zero-order chi connectivity index (χ0) is 37.1. The lowest BCUT2D eigenvalue weighted by Gasteiger charge is -2.37. The van der Waals surface area contributed by atoms with Crippen LogP contribution in [0.1, 0.15) is 75.8 Å². The van der Waals surface area contributed by atoms with Gasteiger partial charge in [-0.1, -0.05) is 131 Å². The van der Waals surface area contributed by atoms with E-state index in [2.05, 4.69) is 172 Å². The van der Waals surface area contributed by atoms with E-state index in [1.54, 1.807) is 0 Å². The number of nitrogens with zero attached hydrogens (tertiary/aromatic N) is 3. The Bertz CT molecular complexity index is 2910. The van der Waals surface area contributed by atoms with Gasteiger partial charge < -0.3 is 4.57 Å². The number of rotatable bonds is 4. The molecule has 1 aliphatic heterocycles. The highest BCUT2D eigenvalue weighted by Gasteiger charge is 2.40. The van der Waals surface area contributed by atoms with Crippen LogP contribution in [-0.4, -0.2) is 14.5 Å². The van der Waals surface area contributed by atoms with Crippen molar-refractivity contribution in [2.24, 2.45) is 0 Å². The van der Waals surface area contributed by atoms with Crippen molar-refractivity contribution >= 4 is 33.1 Å². The van der Waals surface area contributed by atoms with Crippen molar-refractivity contribution < 1.29 is 0 Å². The SMILES string of the molecule is CC1(C)C2=C(CCC=C2)n2c3cc4c(cc3c3cc(-c5cccc(-c6nc(C7=CCCC=C7)cc(-c7ccccc7)n6)c5)cc1c32)-c1ccccc1C4(C)C.